The first-order valence-electron chi connectivity index (χ1n) is 6.90. The van der Waals surface area contributed by atoms with Gasteiger partial charge in [0.15, 0.2) is 0 Å². The molecule has 128 valence electrons. The molecule has 0 bridgehead atoms. The molecule has 0 atom stereocenters. The Morgan fingerprint density at radius 2 is 2.08 bits per heavy atom. The van der Waals surface area contributed by atoms with E-state index in [1.54, 1.807) is 32.0 Å². The lowest BCUT2D eigenvalue weighted by Crippen LogP contribution is -2.53. The topological polar surface area (TPSA) is 119 Å². The third-order valence-corrected chi connectivity index (χ3v) is 3.75. The van der Waals surface area contributed by atoms with E-state index >= 15 is 0 Å². The molecule has 1 aromatic carbocycles. The summed E-state index contributed by atoms with van der Waals surface area (Å²) in [7, 11) is 0. The zero-order valence-electron chi connectivity index (χ0n) is 12.9. The summed E-state index contributed by atoms with van der Waals surface area (Å²) >= 11 is 12.0. The van der Waals surface area contributed by atoms with E-state index in [9.17, 15) is 9.59 Å². The van der Waals surface area contributed by atoms with Crippen LogP contribution in [0.25, 0.3) is 11.4 Å². The van der Waals surface area contributed by atoms with Gasteiger partial charge in [0, 0.05) is 11.6 Å². The van der Waals surface area contributed by atoms with Crippen LogP contribution in [0.15, 0.2) is 18.2 Å². The number of tetrazole rings is 1. The van der Waals surface area contributed by atoms with Crippen LogP contribution in [0.3, 0.4) is 0 Å². The average Bonchev–Trinajstić information content (AvgIpc) is 2.95. The van der Waals surface area contributed by atoms with E-state index in [0.717, 1.165) is 9.81 Å². The Morgan fingerprint density at radius 1 is 1.38 bits per heavy atom. The molecule has 11 heteroatoms. The highest BCUT2D eigenvalue weighted by molar-refractivity contribution is 6.43. The van der Waals surface area contributed by atoms with E-state index in [0.29, 0.717) is 15.6 Å². The molecule has 0 fully saturated rings. The summed E-state index contributed by atoms with van der Waals surface area (Å²) in [4.78, 5) is 24.3. The fraction of sp³-hybridized carbons (Fsp3) is 0.308. The largest absolute Gasteiger partial charge is 0.350 e. The Balaban J connectivity index is 2.10. The highest BCUT2D eigenvalue weighted by atomic mass is 35.5. The van der Waals surface area contributed by atoms with Gasteiger partial charge in [-0.15, -0.1) is 10.2 Å². The van der Waals surface area contributed by atoms with Gasteiger partial charge in [0.2, 0.25) is 5.82 Å². The lowest BCUT2D eigenvalue weighted by molar-refractivity contribution is -0.126. The zero-order chi connectivity index (χ0) is 17.9. The quantitative estimate of drug-likeness (QED) is 0.788. The summed E-state index contributed by atoms with van der Waals surface area (Å²) in [5, 5.41) is 13.4. The van der Waals surface area contributed by atoms with Crippen molar-refractivity contribution in [3.63, 3.8) is 0 Å². The van der Waals surface area contributed by atoms with Gasteiger partial charge < -0.3 is 5.73 Å². The first-order valence-corrected chi connectivity index (χ1v) is 7.65. The van der Waals surface area contributed by atoms with Gasteiger partial charge in [-0.05, 0) is 31.2 Å². The van der Waals surface area contributed by atoms with Crippen molar-refractivity contribution in [2.75, 3.05) is 0 Å². The van der Waals surface area contributed by atoms with Crippen molar-refractivity contribution in [1.82, 2.24) is 30.6 Å². The molecule has 3 amide bonds. The molecule has 1 aromatic heterocycles. The van der Waals surface area contributed by atoms with Crippen molar-refractivity contribution < 1.29 is 9.59 Å². The van der Waals surface area contributed by atoms with Crippen LogP contribution in [0.2, 0.25) is 10.0 Å². The molecule has 0 radical (unpaired) electrons. The number of hydrazine groups is 1. The Labute approximate surface area is 147 Å². The summed E-state index contributed by atoms with van der Waals surface area (Å²) < 4.78 is 0. The highest BCUT2D eigenvalue weighted by Gasteiger charge is 2.18. The number of benzene rings is 1. The van der Waals surface area contributed by atoms with Crippen LogP contribution in [0.4, 0.5) is 4.79 Å². The minimum absolute atomic E-state index is 0.228. The summed E-state index contributed by atoms with van der Waals surface area (Å²) in [5.41, 5.74) is 8.06. The number of halogens is 2. The van der Waals surface area contributed by atoms with Crippen LogP contribution < -0.4 is 11.2 Å². The van der Waals surface area contributed by atoms with Crippen LogP contribution in [0, 0.1) is 0 Å². The molecule has 0 aliphatic carbocycles. The Kier molecular flexibility index (Phi) is 5.58. The predicted octanol–water partition coefficient (Wildman–Crippen LogP) is 1.47. The molecule has 0 saturated heterocycles. The van der Waals surface area contributed by atoms with Gasteiger partial charge in [-0.25, -0.2) is 9.80 Å². The molecule has 0 unspecified atom stereocenters. The molecule has 24 heavy (non-hydrogen) atoms. The molecule has 9 nitrogen and oxygen atoms in total. The normalized spacial score (nSPS) is 10.7. The lowest BCUT2D eigenvalue weighted by Gasteiger charge is -2.24. The molecule has 3 N–H and O–H groups in total. The van der Waals surface area contributed by atoms with Crippen molar-refractivity contribution in [3.8, 4) is 11.4 Å². The van der Waals surface area contributed by atoms with Gasteiger partial charge >= 0.3 is 6.03 Å². The van der Waals surface area contributed by atoms with E-state index in [1.165, 1.54) is 0 Å². The molecule has 0 aliphatic heterocycles. The number of hydrogen-bond acceptors (Lipinski definition) is 5. The number of primary amides is 1. The summed E-state index contributed by atoms with van der Waals surface area (Å²) in [5.74, 6) is -0.297. The van der Waals surface area contributed by atoms with E-state index in [-0.39, 0.29) is 18.4 Å². The third-order valence-electron chi connectivity index (χ3n) is 2.93. The van der Waals surface area contributed by atoms with Gasteiger partial charge in [0.25, 0.3) is 5.91 Å². The maximum atomic E-state index is 12.0. The highest BCUT2D eigenvalue weighted by Crippen LogP contribution is 2.30. The SMILES string of the molecule is CC(C)N(NC(=O)Cn1nnc(-c2cccc(Cl)c2Cl)n1)C(N)=O. The summed E-state index contributed by atoms with van der Waals surface area (Å²) in [6.07, 6.45) is 0. The van der Waals surface area contributed by atoms with Crippen LogP contribution in [0.1, 0.15) is 13.8 Å². The number of nitrogens with one attached hydrogen (secondary N) is 1. The van der Waals surface area contributed by atoms with Crippen molar-refractivity contribution >= 4 is 35.1 Å². The Morgan fingerprint density at radius 3 is 2.71 bits per heavy atom. The molecule has 0 aliphatic rings. The first kappa shape index (κ1) is 18.0. The second-order valence-corrected chi connectivity index (χ2v) is 5.87. The molecular weight excluding hydrogens is 357 g/mol. The van der Waals surface area contributed by atoms with Crippen LogP contribution in [-0.2, 0) is 11.3 Å². The molecule has 0 saturated carbocycles. The number of urea groups is 1. The van der Waals surface area contributed by atoms with Crippen molar-refractivity contribution in [2.45, 2.75) is 26.4 Å². The van der Waals surface area contributed by atoms with E-state index < -0.39 is 11.9 Å². The molecule has 1 heterocycles. The number of nitrogens with zero attached hydrogens (tertiary/aromatic N) is 5. The second kappa shape index (κ2) is 7.45. The van der Waals surface area contributed by atoms with Gasteiger partial charge in [-0.3, -0.25) is 10.2 Å². The number of carbonyl (C=O) groups is 2. The first-order chi connectivity index (χ1) is 11.3. The van der Waals surface area contributed by atoms with Crippen LogP contribution in [-0.4, -0.2) is 43.2 Å². The minimum atomic E-state index is -0.767. The number of aromatic nitrogens is 4. The predicted molar refractivity (Wildman–Crippen MR) is 88.0 cm³/mol. The average molecular weight is 372 g/mol. The van der Waals surface area contributed by atoms with E-state index in [2.05, 4.69) is 20.8 Å². The van der Waals surface area contributed by atoms with Crippen LogP contribution in [0.5, 0.6) is 0 Å². The van der Waals surface area contributed by atoms with Gasteiger partial charge in [-0.1, -0.05) is 29.3 Å². The fourth-order valence-corrected chi connectivity index (χ4v) is 2.22. The van der Waals surface area contributed by atoms with E-state index in [1.807, 2.05) is 0 Å². The number of hydrogen-bond donors (Lipinski definition) is 2. The van der Waals surface area contributed by atoms with Crippen LogP contribution >= 0.6 is 23.2 Å². The standard InChI is InChI=1S/C13H15Cl2N7O2/c1-7(2)22(13(16)24)18-10(23)6-21-19-12(17-20-21)8-4-3-5-9(14)11(8)15/h3-5,7H,6H2,1-2H3,(H2,16,24)(H,18,23). The monoisotopic (exact) mass is 371 g/mol. The van der Waals surface area contributed by atoms with Gasteiger partial charge in [0.1, 0.15) is 6.54 Å². The second-order valence-electron chi connectivity index (χ2n) is 5.08. The zero-order valence-corrected chi connectivity index (χ0v) is 14.4. The molecule has 2 aromatic rings. The maximum Gasteiger partial charge on any atom is 0.333 e. The van der Waals surface area contributed by atoms with Crippen molar-refractivity contribution in [2.24, 2.45) is 5.73 Å². The lowest BCUT2D eigenvalue weighted by atomic mass is 10.2. The molecule has 0 spiro atoms. The Hall–Kier alpha value is -2.39. The number of carbonyl (C=O) groups excluding carboxylic acids is 2. The van der Waals surface area contributed by atoms with Crippen molar-refractivity contribution in [3.05, 3.63) is 28.2 Å². The molecular formula is C13H15Cl2N7O2. The summed E-state index contributed by atoms with van der Waals surface area (Å²) in [6.45, 7) is 3.16. The minimum Gasteiger partial charge on any atom is -0.350 e. The fourth-order valence-electron chi connectivity index (χ4n) is 1.83. The number of rotatable bonds is 4. The van der Waals surface area contributed by atoms with E-state index in [4.69, 9.17) is 28.9 Å². The van der Waals surface area contributed by atoms with Gasteiger partial charge in [0.05, 0.1) is 10.0 Å². The Bertz CT molecular complexity index is 763. The number of amides is 3. The maximum absolute atomic E-state index is 12.0. The van der Waals surface area contributed by atoms with Crippen molar-refractivity contribution in [1.29, 1.82) is 0 Å². The third kappa shape index (κ3) is 4.12. The molecule has 2 rings (SSSR count). The summed E-state index contributed by atoms with van der Waals surface area (Å²) in [6, 6.07) is 3.95. The smallest absolute Gasteiger partial charge is 0.333 e. The van der Waals surface area contributed by atoms with Gasteiger partial charge in [-0.2, -0.15) is 4.80 Å². The number of nitrogens with two attached hydrogens (primary N) is 1.